The van der Waals surface area contributed by atoms with Gasteiger partial charge in [-0.05, 0) is 79.5 Å². The van der Waals surface area contributed by atoms with Crippen molar-refractivity contribution in [2.45, 2.75) is 95.7 Å². The number of hydrogen-bond donors (Lipinski definition) is 4. The van der Waals surface area contributed by atoms with Crippen molar-refractivity contribution in [3.63, 3.8) is 0 Å². The van der Waals surface area contributed by atoms with Gasteiger partial charge in [0.25, 0.3) is 10.1 Å². The summed E-state index contributed by atoms with van der Waals surface area (Å²) in [5, 5.41) is 17.7. The van der Waals surface area contributed by atoms with E-state index >= 15 is 0 Å². The number of carbonyl (C=O) groups is 3. The molecule has 0 spiro atoms. The number of carbonyl (C=O) groups excluding carboxylic acids is 3. The molecule has 0 unspecified atom stereocenters. The predicted molar refractivity (Wildman–Crippen MR) is 222 cm³/mol. The lowest BCUT2D eigenvalue weighted by atomic mass is 10.1. The number of nitrogens with zero attached hydrogens (tertiary/aromatic N) is 7. The van der Waals surface area contributed by atoms with Crippen LogP contribution in [0.25, 0.3) is 0 Å². The molecule has 3 aliphatic carbocycles. The highest BCUT2D eigenvalue weighted by atomic mass is 32.2. The van der Waals surface area contributed by atoms with Crippen LogP contribution in [0.5, 0.6) is 0 Å². The van der Waals surface area contributed by atoms with Gasteiger partial charge < -0.3 is 26.0 Å². The summed E-state index contributed by atoms with van der Waals surface area (Å²) in [5.41, 5.74) is 4.54. The van der Waals surface area contributed by atoms with E-state index in [-0.39, 0.29) is 47.6 Å². The fourth-order valence-electron chi connectivity index (χ4n) is 7.11. The monoisotopic (exact) mass is 842 g/mol. The number of aliphatic hydroxyl groups excluding tert-OH is 1. The van der Waals surface area contributed by atoms with Crippen molar-refractivity contribution in [1.29, 1.82) is 0 Å². The first-order valence-electron chi connectivity index (χ1n) is 20.0. The van der Waals surface area contributed by atoms with Crippen LogP contribution in [0.3, 0.4) is 0 Å². The topological polar surface area (TPSA) is 222 Å². The first-order valence-corrected chi connectivity index (χ1v) is 21.9. The van der Waals surface area contributed by atoms with Crippen LogP contribution in [0.1, 0.15) is 93.1 Å². The fraction of sp³-hybridized carbons (Fsp3) is 0.476. The lowest BCUT2D eigenvalue weighted by Crippen LogP contribution is -2.46. The van der Waals surface area contributed by atoms with E-state index in [4.69, 9.17) is 5.11 Å². The van der Waals surface area contributed by atoms with Gasteiger partial charge in [0.05, 0.1) is 53.2 Å². The van der Waals surface area contributed by atoms with Crippen LogP contribution in [-0.4, -0.2) is 93.5 Å². The van der Waals surface area contributed by atoms with Crippen LogP contribution in [0.4, 0.5) is 5.95 Å². The van der Waals surface area contributed by atoms with Crippen molar-refractivity contribution in [3.05, 3.63) is 107 Å². The Labute approximate surface area is 350 Å². The van der Waals surface area contributed by atoms with Gasteiger partial charge in [-0.25, -0.2) is 9.97 Å². The summed E-state index contributed by atoms with van der Waals surface area (Å²) in [6.07, 6.45) is 15.3. The van der Waals surface area contributed by atoms with Gasteiger partial charge in [0.1, 0.15) is 0 Å². The number of aliphatic hydroxyl groups is 1. The molecule has 1 saturated heterocycles. The van der Waals surface area contributed by atoms with Crippen molar-refractivity contribution in [3.8, 4) is 0 Å². The third-order valence-electron chi connectivity index (χ3n) is 10.7. The molecule has 18 heteroatoms. The molecular weight excluding hydrogens is 789 g/mol. The zero-order valence-corrected chi connectivity index (χ0v) is 35.4. The second-order valence-electron chi connectivity index (χ2n) is 15.9. The van der Waals surface area contributed by atoms with Gasteiger partial charge in [-0.1, -0.05) is 18.2 Å². The molecule has 4 aromatic rings. The average molecular weight is 843 g/mol. The maximum Gasteiger partial charge on any atom is 0.264 e. The molecule has 1 aliphatic heterocycles. The smallest absolute Gasteiger partial charge is 0.264 e. The van der Waals surface area contributed by atoms with E-state index in [1.54, 1.807) is 43.8 Å². The van der Waals surface area contributed by atoms with Gasteiger partial charge in [-0.15, -0.1) is 0 Å². The molecule has 3 saturated carbocycles. The molecule has 8 rings (SSSR count). The Bertz CT molecular complexity index is 2190. The van der Waals surface area contributed by atoms with Gasteiger partial charge in [0.15, 0.2) is 0 Å². The first kappa shape index (κ1) is 44.1. The van der Waals surface area contributed by atoms with Crippen LogP contribution in [-0.2, 0) is 65.1 Å². The van der Waals surface area contributed by atoms with Crippen LogP contribution in [0, 0.1) is 0 Å². The Morgan fingerprint density at radius 1 is 0.650 bits per heavy atom. The molecule has 17 nitrogen and oxygen atoms in total. The van der Waals surface area contributed by atoms with Crippen LogP contribution < -0.4 is 20.9 Å². The number of nitrogens with one attached hydrogen (secondary N) is 3. The summed E-state index contributed by atoms with van der Waals surface area (Å²) in [6.45, 7) is 9.25. The highest BCUT2D eigenvalue weighted by molar-refractivity contribution is 7.85. The highest BCUT2D eigenvalue weighted by Gasteiger charge is 2.48. The van der Waals surface area contributed by atoms with Crippen molar-refractivity contribution in [2.75, 3.05) is 37.3 Å². The van der Waals surface area contributed by atoms with E-state index in [1.807, 2.05) is 24.4 Å². The average Bonchev–Trinajstić information content (AvgIpc) is 4.15. The van der Waals surface area contributed by atoms with Crippen molar-refractivity contribution in [1.82, 2.24) is 45.8 Å². The molecule has 4 fully saturated rings. The maximum absolute atomic E-state index is 11.4. The molecule has 3 amide bonds. The number of piperazine rings is 1. The molecule has 4 aliphatic rings. The van der Waals surface area contributed by atoms with Crippen LogP contribution >= 0.6 is 0 Å². The number of amides is 3. The van der Waals surface area contributed by atoms with Gasteiger partial charge in [-0.3, -0.25) is 38.4 Å². The van der Waals surface area contributed by atoms with Crippen molar-refractivity contribution < 1.29 is 32.1 Å². The summed E-state index contributed by atoms with van der Waals surface area (Å²) < 4.78 is 26.4. The van der Waals surface area contributed by atoms with Gasteiger partial charge in [-0.2, -0.15) is 8.42 Å². The summed E-state index contributed by atoms with van der Waals surface area (Å²) in [7, 11) is -3.45. The second kappa shape index (κ2) is 18.9. The minimum absolute atomic E-state index is 0.000414. The van der Waals surface area contributed by atoms with E-state index in [2.05, 4.69) is 67.0 Å². The van der Waals surface area contributed by atoms with Crippen molar-refractivity contribution in [2.24, 2.45) is 0 Å². The Hall–Kier alpha value is -5.43. The molecule has 0 atom stereocenters. The van der Waals surface area contributed by atoms with E-state index in [9.17, 15) is 22.8 Å². The number of hydrogen-bond acceptors (Lipinski definition) is 14. The van der Waals surface area contributed by atoms with Gasteiger partial charge in [0.2, 0.25) is 23.7 Å². The van der Waals surface area contributed by atoms with E-state index < -0.39 is 10.1 Å². The number of pyridine rings is 3. The molecule has 5 heterocycles. The number of anilines is 1. The van der Waals surface area contributed by atoms with E-state index in [0.717, 1.165) is 106 Å². The normalized spacial score (nSPS) is 18.0. The summed E-state index contributed by atoms with van der Waals surface area (Å²) in [5.74, 6) is 0.712. The van der Waals surface area contributed by atoms with Crippen LogP contribution in [0.15, 0.2) is 73.4 Å². The third kappa shape index (κ3) is 12.3. The minimum atomic E-state index is -3.45. The molecule has 0 radical (unpaired) electrons. The Morgan fingerprint density at radius 3 is 1.42 bits per heavy atom. The van der Waals surface area contributed by atoms with Crippen molar-refractivity contribution >= 4 is 33.8 Å². The summed E-state index contributed by atoms with van der Waals surface area (Å²) >= 11 is 0. The highest BCUT2D eigenvalue weighted by Crippen LogP contribution is 2.46. The fourth-order valence-corrected chi connectivity index (χ4v) is 7.46. The molecule has 0 aromatic carbocycles. The molecule has 320 valence electrons. The lowest BCUT2D eigenvalue weighted by Gasteiger charge is -2.34. The zero-order chi connectivity index (χ0) is 43.0. The quantitative estimate of drug-likeness (QED) is 0.142. The molecule has 60 heavy (non-hydrogen) atoms. The number of rotatable bonds is 13. The molecule has 4 aromatic heterocycles. The van der Waals surface area contributed by atoms with Gasteiger partial charge >= 0.3 is 0 Å². The zero-order valence-electron chi connectivity index (χ0n) is 34.6. The maximum atomic E-state index is 11.4. The minimum Gasteiger partial charge on any atom is -0.392 e. The Balaban J connectivity index is 0.000000158. The summed E-state index contributed by atoms with van der Waals surface area (Å²) in [6, 6.07) is 13.3. The molecule has 0 bridgehead atoms. The largest absolute Gasteiger partial charge is 0.392 e. The predicted octanol–water partition coefficient (Wildman–Crippen LogP) is 2.70. The van der Waals surface area contributed by atoms with Crippen LogP contribution in [0.2, 0.25) is 0 Å². The Kier molecular flexibility index (Phi) is 13.9. The third-order valence-corrected chi connectivity index (χ3v) is 11.2. The Morgan fingerprint density at radius 2 is 1.07 bits per heavy atom. The number of aromatic nitrogens is 5. The second-order valence-corrected chi connectivity index (χ2v) is 17.5. The standard InChI is InChI=1S/C19H24N6O.C12H16N2O4S.C11H14N2O2/c1-15(26)23-19(5-6-19)17-4-3-16(13-22-17)14-24-9-11-25(12-10-24)18-20-7-2-8-21-18;1-9(15)14-12(5-6-12)11-4-3-10(7-13-11)8-18-19(2,16)17;1-8(15)13-11(4-5-11)10-3-2-9(7-14)6-12-10/h2-4,7-8,13H,5-6,9-12,14H2,1H3,(H,23,26);3-4,7H,5-6,8H2,1-2H3,(H,14,15);2-3,6,14H,4-5,7H2,1H3,(H,13,15). The van der Waals surface area contributed by atoms with E-state index in [0.29, 0.717) is 5.56 Å². The molecule has 4 N–H and O–H groups in total. The van der Waals surface area contributed by atoms with Gasteiger partial charge in [0, 0.05) is 84.5 Å². The SMILES string of the molecule is CC(=O)NC1(c2ccc(CN3CCN(c4ncccn4)CC3)cn2)CC1.CC(=O)NC1(c2ccc(CO)cn2)CC1.CC(=O)NC1(c2ccc(COS(C)(=O)=O)cn2)CC1. The van der Waals surface area contributed by atoms with E-state index in [1.165, 1.54) is 19.4 Å². The summed E-state index contributed by atoms with van der Waals surface area (Å²) in [4.78, 5) is 60.0. The lowest BCUT2D eigenvalue weighted by molar-refractivity contribution is -0.120. The molecular formula is C42H54N10O7S. The first-order chi connectivity index (χ1) is 28.6.